The largest absolute Gasteiger partial charge is 0.496 e. The molecule has 0 radical (unpaired) electrons. The van der Waals surface area contributed by atoms with Gasteiger partial charge in [-0.3, -0.25) is 19.1 Å². The lowest BCUT2D eigenvalue weighted by Crippen LogP contribution is -2.42. The summed E-state index contributed by atoms with van der Waals surface area (Å²) in [5, 5.41) is 12.6. The predicted octanol–water partition coefficient (Wildman–Crippen LogP) is 2.62. The van der Waals surface area contributed by atoms with Gasteiger partial charge in [-0.1, -0.05) is 33.8 Å². The maximum absolute atomic E-state index is 13.3. The highest BCUT2D eigenvalue weighted by Crippen LogP contribution is 2.38. The van der Waals surface area contributed by atoms with Crippen molar-refractivity contribution in [2.45, 2.75) is 53.1 Å². The van der Waals surface area contributed by atoms with Crippen LogP contribution in [0, 0.1) is 11.8 Å². The Bertz CT molecular complexity index is 1030. The van der Waals surface area contributed by atoms with E-state index in [0.29, 0.717) is 35.7 Å². The Morgan fingerprint density at radius 1 is 1.00 bits per heavy atom. The molecule has 1 atom stereocenters. The average Bonchev–Trinajstić information content (AvgIpc) is 3.24. The van der Waals surface area contributed by atoms with Crippen LogP contribution in [0.4, 0.5) is 0 Å². The number of carbonyl (C=O) groups is 3. The van der Waals surface area contributed by atoms with Gasteiger partial charge in [-0.15, -0.1) is 0 Å². The molecule has 0 aliphatic carbocycles. The lowest BCUT2D eigenvalue weighted by Gasteiger charge is -2.19. The Kier molecular flexibility index (Phi) is 10.8. The van der Waals surface area contributed by atoms with E-state index >= 15 is 0 Å². The summed E-state index contributed by atoms with van der Waals surface area (Å²) in [6.07, 6.45) is 0.653. The summed E-state index contributed by atoms with van der Waals surface area (Å²) in [4.78, 5) is 37.1. The lowest BCUT2D eigenvalue weighted by molar-refractivity contribution is -0.126. The lowest BCUT2D eigenvalue weighted by atomic mass is 10.0. The monoisotopic (exact) mass is 501 g/mol. The number of hydrogen-bond acceptors (Lipinski definition) is 6. The first-order valence-electron chi connectivity index (χ1n) is 12.2. The van der Waals surface area contributed by atoms with Gasteiger partial charge in [-0.05, 0) is 36.5 Å². The molecule has 0 spiro atoms. The number of methoxy groups -OCH3 is 2. The third-order valence-corrected chi connectivity index (χ3v) is 5.48. The maximum Gasteiger partial charge on any atom is 0.272 e. The molecule has 2 aromatic rings. The summed E-state index contributed by atoms with van der Waals surface area (Å²) >= 11 is 0. The van der Waals surface area contributed by atoms with Gasteiger partial charge in [-0.25, -0.2) is 0 Å². The van der Waals surface area contributed by atoms with Crippen molar-refractivity contribution < 1.29 is 23.9 Å². The molecule has 0 bridgehead atoms. The Labute approximate surface area is 213 Å². The summed E-state index contributed by atoms with van der Waals surface area (Å²) in [5.74, 6) is 0.759. The number of amides is 3. The van der Waals surface area contributed by atoms with Crippen molar-refractivity contribution in [1.29, 1.82) is 0 Å². The summed E-state index contributed by atoms with van der Waals surface area (Å²) < 4.78 is 12.9. The van der Waals surface area contributed by atoms with Gasteiger partial charge >= 0.3 is 0 Å². The smallest absolute Gasteiger partial charge is 0.272 e. The molecule has 1 unspecified atom stereocenters. The van der Waals surface area contributed by atoms with E-state index in [4.69, 9.17) is 9.47 Å². The van der Waals surface area contributed by atoms with Crippen molar-refractivity contribution in [2.24, 2.45) is 11.8 Å². The van der Waals surface area contributed by atoms with Gasteiger partial charge in [-0.2, -0.15) is 5.10 Å². The summed E-state index contributed by atoms with van der Waals surface area (Å²) in [5.41, 5.74) is 1.65. The standard InChI is InChI=1S/C26H39N5O5/c1-16(2)11-18(12-23(32)28-14-24(33)27-5)29-26(34)19-13-20(31(30-19)15-17(3)4)25-21(35-6)9-8-10-22(25)36-7/h8-10,13,16-18H,11-12,14-15H2,1-7H3,(H,27,33)(H,28,32)(H,29,34). The van der Waals surface area contributed by atoms with Gasteiger partial charge in [0.2, 0.25) is 11.8 Å². The van der Waals surface area contributed by atoms with E-state index in [-0.39, 0.29) is 48.2 Å². The average molecular weight is 502 g/mol. The van der Waals surface area contributed by atoms with Crippen LogP contribution in [0.2, 0.25) is 0 Å². The topological polar surface area (TPSA) is 124 Å². The molecule has 0 aliphatic heterocycles. The van der Waals surface area contributed by atoms with Crippen molar-refractivity contribution in [3.8, 4) is 22.8 Å². The van der Waals surface area contributed by atoms with E-state index in [2.05, 4.69) is 34.9 Å². The summed E-state index contributed by atoms with van der Waals surface area (Å²) in [6.45, 7) is 8.65. The molecule has 0 aliphatic rings. The second-order valence-electron chi connectivity index (χ2n) is 9.48. The highest BCUT2D eigenvalue weighted by Gasteiger charge is 2.24. The molecule has 1 heterocycles. The Hall–Kier alpha value is -3.56. The van der Waals surface area contributed by atoms with Crippen LogP contribution in [0.1, 0.15) is 51.0 Å². The van der Waals surface area contributed by atoms with E-state index in [1.807, 2.05) is 32.0 Å². The molecule has 1 aromatic heterocycles. The minimum Gasteiger partial charge on any atom is -0.496 e. The fraction of sp³-hybridized carbons (Fsp3) is 0.538. The SMILES string of the molecule is CNC(=O)CNC(=O)CC(CC(C)C)NC(=O)c1cc(-c2c(OC)cccc2OC)n(CC(C)C)n1. The van der Waals surface area contributed by atoms with Crippen molar-refractivity contribution in [3.63, 3.8) is 0 Å². The summed E-state index contributed by atoms with van der Waals surface area (Å²) in [6, 6.07) is 6.81. The van der Waals surface area contributed by atoms with Crippen LogP contribution in [0.25, 0.3) is 11.3 Å². The highest BCUT2D eigenvalue weighted by atomic mass is 16.5. The van der Waals surface area contributed by atoms with Crippen LogP contribution in [0.5, 0.6) is 11.5 Å². The molecule has 10 nitrogen and oxygen atoms in total. The zero-order valence-corrected chi connectivity index (χ0v) is 22.3. The molecule has 0 saturated heterocycles. The second kappa shape index (κ2) is 13.5. The molecule has 198 valence electrons. The minimum absolute atomic E-state index is 0.0564. The second-order valence-corrected chi connectivity index (χ2v) is 9.48. The third kappa shape index (κ3) is 8.00. The van der Waals surface area contributed by atoms with E-state index in [9.17, 15) is 14.4 Å². The van der Waals surface area contributed by atoms with Crippen LogP contribution in [-0.4, -0.2) is 61.4 Å². The van der Waals surface area contributed by atoms with Crippen molar-refractivity contribution in [3.05, 3.63) is 30.0 Å². The molecule has 2 rings (SSSR count). The van der Waals surface area contributed by atoms with Gasteiger partial charge in [0, 0.05) is 26.1 Å². The fourth-order valence-electron chi connectivity index (χ4n) is 3.90. The van der Waals surface area contributed by atoms with E-state index < -0.39 is 6.04 Å². The van der Waals surface area contributed by atoms with E-state index in [0.717, 1.165) is 0 Å². The van der Waals surface area contributed by atoms with Crippen LogP contribution < -0.4 is 25.4 Å². The summed E-state index contributed by atoms with van der Waals surface area (Å²) in [7, 11) is 4.67. The number of nitrogens with zero attached hydrogens (tertiary/aromatic N) is 2. The Morgan fingerprint density at radius 2 is 1.64 bits per heavy atom. The molecule has 0 saturated carbocycles. The highest BCUT2D eigenvalue weighted by molar-refractivity contribution is 5.94. The van der Waals surface area contributed by atoms with Crippen molar-refractivity contribution in [2.75, 3.05) is 27.8 Å². The number of aromatic nitrogens is 2. The fourth-order valence-corrected chi connectivity index (χ4v) is 3.90. The van der Waals surface area contributed by atoms with Gasteiger partial charge in [0.1, 0.15) is 11.5 Å². The van der Waals surface area contributed by atoms with Crippen molar-refractivity contribution >= 4 is 17.7 Å². The van der Waals surface area contributed by atoms with Gasteiger partial charge in [0.15, 0.2) is 5.69 Å². The number of rotatable bonds is 13. The Balaban J connectivity index is 2.34. The molecule has 1 aromatic carbocycles. The predicted molar refractivity (Wildman–Crippen MR) is 138 cm³/mol. The molecule has 36 heavy (non-hydrogen) atoms. The van der Waals surface area contributed by atoms with E-state index in [1.54, 1.807) is 25.0 Å². The first-order valence-corrected chi connectivity index (χ1v) is 12.2. The van der Waals surface area contributed by atoms with Gasteiger partial charge in [0.25, 0.3) is 5.91 Å². The number of benzene rings is 1. The number of nitrogens with one attached hydrogen (secondary N) is 3. The molecule has 3 N–H and O–H groups in total. The number of carbonyl (C=O) groups excluding carboxylic acids is 3. The third-order valence-electron chi connectivity index (χ3n) is 5.48. The maximum atomic E-state index is 13.3. The number of likely N-dealkylation sites (N-methyl/N-ethyl adjacent to an activating group) is 1. The zero-order valence-electron chi connectivity index (χ0n) is 22.3. The molecule has 10 heteroatoms. The molecule has 3 amide bonds. The van der Waals surface area contributed by atoms with Crippen LogP contribution in [-0.2, 0) is 16.1 Å². The van der Waals surface area contributed by atoms with Crippen LogP contribution in [0.15, 0.2) is 24.3 Å². The molecular formula is C26H39N5O5. The Morgan fingerprint density at radius 3 is 2.17 bits per heavy atom. The van der Waals surface area contributed by atoms with E-state index in [1.165, 1.54) is 7.05 Å². The van der Waals surface area contributed by atoms with Crippen LogP contribution in [0.3, 0.4) is 0 Å². The normalized spacial score (nSPS) is 11.8. The van der Waals surface area contributed by atoms with Crippen LogP contribution >= 0.6 is 0 Å². The molecular weight excluding hydrogens is 462 g/mol. The zero-order chi connectivity index (χ0) is 26.8. The minimum atomic E-state index is -0.415. The quantitative estimate of drug-likeness (QED) is 0.388. The first kappa shape index (κ1) is 28.7. The molecule has 0 fully saturated rings. The van der Waals surface area contributed by atoms with Crippen molar-refractivity contribution in [1.82, 2.24) is 25.7 Å². The van der Waals surface area contributed by atoms with Gasteiger partial charge < -0.3 is 25.4 Å². The first-order chi connectivity index (χ1) is 17.1. The van der Waals surface area contributed by atoms with Gasteiger partial charge in [0.05, 0.1) is 32.0 Å². The number of ether oxygens (including phenoxy) is 2. The number of hydrogen-bond donors (Lipinski definition) is 3.